The number of para-hydroxylation sites is 1. The van der Waals surface area contributed by atoms with E-state index in [0.29, 0.717) is 0 Å². The van der Waals surface area contributed by atoms with Crippen LogP contribution >= 0.6 is 0 Å². The summed E-state index contributed by atoms with van der Waals surface area (Å²) in [7, 11) is 0. The van der Waals surface area contributed by atoms with E-state index < -0.39 is 0 Å². The third-order valence-electron chi connectivity index (χ3n) is 16.4. The van der Waals surface area contributed by atoms with Gasteiger partial charge in [0.05, 0.1) is 0 Å². The monoisotopic (exact) mass is 974 g/mol. The van der Waals surface area contributed by atoms with Crippen molar-refractivity contribution in [3.8, 4) is 66.8 Å². The van der Waals surface area contributed by atoms with Crippen LogP contribution in [-0.4, -0.2) is 0 Å². The highest BCUT2D eigenvalue weighted by Crippen LogP contribution is 2.49. The molecule has 0 radical (unpaired) electrons. The van der Waals surface area contributed by atoms with Crippen LogP contribution in [0.4, 0.5) is 0 Å². The number of hydrogen-bond acceptors (Lipinski definition) is 1. The van der Waals surface area contributed by atoms with Crippen LogP contribution < -0.4 is 0 Å². The molecule has 1 nitrogen and oxygen atoms in total. The molecule has 16 rings (SSSR count). The normalized spacial score (nSPS) is 11.9. The van der Waals surface area contributed by atoms with Gasteiger partial charge in [0.1, 0.15) is 11.2 Å². The van der Waals surface area contributed by atoms with Crippen molar-refractivity contribution in [1.82, 2.24) is 0 Å². The molecular formula is C76H46O. The standard InChI is InChI=1S/C76H46O/c1-2-20-55-48(16-1)17-13-30-59(55)74-66-26-7-9-28-68(66)76(69-29-10-8-27-67(69)74)61-32-15-19-54-45-51(39-42-57(54)61)50-38-41-56-53(44-50)18-14-31-60(56)75-64-24-5-3-22-62(64)73(63-23-4-6-25-65(63)75)49-36-34-47(35-37-49)52-40-43-72-70(46-52)58-21-11-12-33-71(58)77-72/h1-46H. The van der Waals surface area contributed by atoms with Gasteiger partial charge in [-0.15, -0.1) is 0 Å². The van der Waals surface area contributed by atoms with Crippen molar-refractivity contribution in [3.05, 3.63) is 279 Å². The molecule has 0 unspecified atom stereocenters. The van der Waals surface area contributed by atoms with Crippen LogP contribution in [0.3, 0.4) is 0 Å². The molecule has 0 saturated carbocycles. The van der Waals surface area contributed by atoms with E-state index in [2.05, 4.69) is 267 Å². The van der Waals surface area contributed by atoms with Gasteiger partial charge < -0.3 is 4.42 Å². The van der Waals surface area contributed by atoms with Crippen molar-refractivity contribution in [2.24, 2.45) is 0 Å². The van der Waals surface area contributed by atoms with E-state index in [1.807, 2.05) is 12.1 Å². The molecule has 1 heteroatoms. The molecule has 0 N–H and O–H groups in total. The molecule has 1 heterocycles. The molecule has 0 spiro atoms. The van der Waals surface area contributed by atoms with Gasteiger partial charge in [-0.05, 0) is 173 Å². The molecule has 1 aromatic heterocycles. The van der Waals surface area contributed by atoms with Crippen LogP contribution in [0.25, 0.3) is 164 Å². The van der Waals surface area contributed by atoms with Crippen molar-refractivity contribution in [3.63, 3.8) is 0 Å². The smallest absolute Gasteiger partial charge is 0.135 e. The van der Waals surface area contributed by atoms with Crippen LogP contribution in [0, 0.1) is 0 Å². The molecule has 0 amide bonds. The van der Waals surface area contributed by atoms with Crippen LogP contribution in [0.15, 0.2) is 283 Å². The predicted octanol–water partition coefficient (Wildman–Crippen LogP) is 21.7. The summed E-state index contributed by atoms with van der Waals surface area (Å²) in [6.45, 7) is 0. The first kappa shape index (κ1) is 43.3. The minimum atomic E-state index is 0.912. The Morgan fingerprint density at radius 1 is 0.169 bits per heavy atom. The summed E-state index contributed by atoms with van der Waals surface area (Å²) >= 11 is 0. The van der Waals surface area contributed by atoms with Crippen molar-refractivity contribution in [2.75, 3.05) is 0 Å². The maximum atomic E-state index is 6.16. The summed E-state index contributed by atoms with van der Waals surface area (Å²) in [5.74, 6) is 0. The average molecular weight is 975 g/mol. The van der Waals surface area contributed by atoms with Gasteiger partial charge in [0, 0.05) is 10.8 Å². The molecule has 77 heavy (non-hydrogen) atoms. The van der Waals surface area contributed by atoms with E-state index in [9.17, 15) is 0 Å². The summed E-state index contributed by atoms with van der Waals surface area (Å²) in [5.41, 5.74) is 16.6. The maximum absolute atomic E-state index is 6.16. The summed E-state index contributed by atoms with van der Waals surface area (Å²) < 4.78 is 6.16. The predicted molar refractivity (Wildman–Crippen MR) is 329 cm³/mol. The van der Waals surface area contributed by atoms with Gasteiger partial charge in [-0.25, -0.2) is 0 Å². The van der Waals surface area contributed by atoms with Crippen molar-refractivity contribution < 1.29 is 4.42 Å². The zero-order valence-electron chi connectivity index (χ0n) is 42.0. The van der Waals surface area contributed by atoms with E-state index in [1.54, 1.807) is 0 Å². The molecule has 0 fully saturated rings. The van der Waals surface area contributed by atoms with E-state index >= 15 is 0 Å². The van der Waals surface area contributed by atoms with Crippen LogP contribution in [0.5, 0.6) is 0 Å². The molecule has 0 aliphatic carbocycles. The highest BCUT2D eigenvalue weighted by molar-refractivity contribution is 6.26. The first-order valence-electron chi connectivity index (χ1n) is 26.6. The molecule has 15 aromatic carbocycles. The van der Waals surface area contributed by atoms with Gasteiger partial charge in [-0.2, -0.15) is 0 Å². The first-order chi connectivity index (χ1) is 38.2. The Morgan fingerprint density at radius 2 is 0.494 bits per heavy atom. The third kappa shape index (κ3) is 6.81. The topological polar surface area (TPSA) is 13.1 Å². The summed E-state index contributed by atoms with van der Waals surface area (Å²) in [6.07, 6.45) is 0. The van der Waals surface area contributed by atoms with Crippen molar-refractivity contribution in [1.29, 1.82) is 0 Å². The van der Waals surface area contributed by atoms with E-state index in [-0.39, 0.29) is 0 Å². The van der Waals surface area contributed by atoms with Gasteiger partial charge in [-0.3, -0.25) is 0 Å². The lowest BCUT2D eigenvalue weighted by Gasteiger charge is -2.20. The zero-order valence-corrected chi connectivity index (χ0v) is 42.0. The lowest BCUT2D eigenvalue weighted by atomic mass is 9.83. The summed E-state index contributed by atoms with van der Waals surface area (Å²) in [6, 6.07) is 103. The highest BCUT2D eigenvalue weighted by Gasteiger charge is 2.21. The number of hydrogen-bond donors (Lipinski definition) is 0. The Labute approximate surface area is 445 Å². The van der Waals surface area contributed by atoms with E-state index in [4.69, 9.17) is 4.42 Å². The minimum absolute atomic E-state index is 0.912. The van der Waals surface area contributed by atoms with Gasteiger partial charge in [0.2, 0.25) is 0 Å². The van der Waals surface area contributed by atoms with Gasteiger partial charge >= 0.3 is 0 Å². The molecule has 0 aliphatic rings. The summed E-state index contributed by atoms with van der Waals surface area (Å²) in [5, 5.41) is 19.7. The Hall–Kier alpha value is -10.1. The lowest BCUT2D eigenvalue weighted by molar-refractivity contribution is 0.669. The second-order valence-corrected chi connectivity index (χ2v) is 20.6. The maximum Gasteiger partial charge on any atom is 0.135 e. The first-order valence-corrected chi connectivity index (χ1v) is 26.6. The second kappa shape index (κ2) is 17.2. The van der Waals surface area contributed by atoms with Crippen LogP contribution in [0.1, 0.15) is 0 Å². The molecule has 16 aromatic rings. The number of furan rings is 1. The Morgan fingerprint density at radius 3 is 0.987 bits per heavy atom. The van der Waals surface area contributed by atoms with E-state index in [1.165, 1.54) is 142 Å². The molecular weight excluding hydrogens is 929 g/mol. The fraction of sp³-hybridized carbons (Fsp3) is 0. The molecule has 0 saturated heterocycles. The molecule has 0 bridgehead atoms. The third-order valence-corrected chi connectivity index (χ3v) is 16.4. The number of fused-ring (bicyclic) bond motifs is 10. The molecule has 0 atom stereocenters. The van der Waals surface area contributed by atoms with Gasteiger partial charge in [0.25, 0.3) is 0 Å². The fourth-order valence-electron chi connectivity index (χ4n) is 13.0. The highest BCUT2D eigenvalue weighted by atomic mass is 16.3. The number of benzene rings is 15. The minimum Gasteiger partial charge on any atom is -0.456 e. The molecule has 0 aliphatic heterocycles. The largest absolute Gasteiger partial charge is 0.456 e. The van der Waals surface area contributed by atoms with Gasteiger partial charge in [0.15, 0.2) is 0 Å². The Balaban J connectivity index is 0.791. The van der Waals surface area contributed by atoms with Crippen molar-refractivity contribution >= 4 is 97.3 Å². The zero-order chi connectivity index (χ0) is 50.6. The SMILES string of the molecule is c1cc(-c2c3ccccc3c(-c3ccc(-c4ccc5oc6ccccc6c5c4)cc3)c3ccccc23)c2ccc(-c3ccc4c(-c5c6ccccc6c(-c6cccc7ccccc67)c6ccccc56)cccc4c3)cc2c1. The van der Waals surface area contributed by atoms with Crippen LogP contribution in [0.2, 0.25) is 0 Å². The number of rotatable bonds is 6. The van der Waals surface area contributed by atoms with Crippen LogP contribution in [-0.2, 0) is 0 Å². The lowest BCUT2D eigenvalue weighted by Crippen LogP contribution is -1.92. The summed E-state index contributed by atoms with van der Waals surface area (Å²) in [4.78, 5) is 0. The Kier molecular flexibility index (Phi) is 9.71. The molecule has 356 valence electrons. The second-order valence-electron chi connectivity index (χ2n) is 20.6. The van der Waals surface area contributed by atoms with E-state index in [0.717, 1.165) is 21.9 Å². The Bertz CT molecular complexity index is 4970. The van der Waals surface area contributed by atoms with Gasteiger partial charge in [-0.1, -0.05) is 249 Å². The van der Waals surface area contributed by atoms with Crippen molar-refractivity contribution in [2.45, 2.75) is 0 Å². The average Bonchev–Trinajstić information content (AvgIpc) is 3.97. The fourth-order valence-corrected chi connectivity index (χ4v) is 13.0. The quantitative estimate of drug-likeness (QED) is 0.151.